The van der Waals surface area contributed by atoms with Gasteiger partial charge in [0, 0.05) is 12.1 Å². The molecule has 1 heterocycles. The maximum Gasteiger partial charge on any atom is 0.219 e. The zero-order valence-electron chi connectivity index (χ0n) is 9.12. The Hall–Kier alpha value is -1.16. The van der Waals surface area contributed by atoms with Crippen LogP contribution in [-0.4, -0.2) is 29.7 Å². The molecule has 0 fully saturated rings. The lowest BCUT2D eigenvalue weighted by Gasteiger charge is -2.08. The minimum atomic E-state index is 0.678. The fourth-order valence-electron chi connectivity index (χ4n) is 1.85. The second-order valence-corrected chi connectivity index (χ2v) is 3.66. The van der Waals surface area contributed by atoms with Gasteiger partial charge in [0.15, 0.2) is 0 Å². The normalized spacial score (nSPS) is 13.9. The molecule has 0 radical (unpaired) electrons. The summed E-state index contributed by atoms with van der Waals surface area (Å²) in [6, 6.07) is 0. The maximum absolute atomic E-state index is 5.64. The summed E-state index contributed by atoms with van der Waals surface area (Å²) in [5, 5.41) is 3.22. The first-order valence-electron chi connectivity index (χ1n) is 5.58. The number of aryl methyl sites for hydroxylation is 1. The van der Waals surface area contributed by atoms with Crippen molar-refractivity contribution >= 4 is 0 Å². The third-order valence-electron chi connectivity index (χ3n) is 2.60. The van der Waals surface area contributed by atoms with Crippen LogP contribution in [0.2, 0.25) is 0 Å². The Morgan fingerprint density at radius 3 is 3.20 bits per heavy atom. The van der Waals surface area contributed by atoms with E-state index in [0.29, 0.717) is 6.61 Å². The number of ether oxygens (including phenoxy) is 1. The SMILES string of the molecule is CCNCCOc1ncnc2c1CCC2. The van der Waals surface area contributed by atoms with Gasteiger partial charge in [0.1, 0.15) is 12.9 Å². The molecule has 1 aromatic heterocycles. The monoisotopic (exact) mass is 207 g/mol. The Morgan fingerprint density at radius 1 is 1.40 bits per heavy atom. The number of nitrogens with zero attached hydrogens (tertiary/aromatic N) is 2. The summed E-state index contributed by atoms with van der Waals surface area (Å²) < 4.78 is 5.64. The van der Waals surface area contributed by atoms with E-state index in [1.807, 2.05) is 0 Å². The third kappa shape index (κ3) is 2.45. The van der Waals surface area contributed by atoms with E-state index < -0.39 is 0 Å². The second-order valence-electron chi connectivity index (χ2n) is 3.66. The van der Waals surface area contributed by atoms with Crippen molar-refractivity contribution in [1.29, 1.82) is 0 Å². The molecule has 2 rings (SSSR count). The van der Waals surface area contributed by atoms with Crippen LogP contribution >= 0.6 is 0 Å². The molecule has 1 N–H and O–H groups in total. The highest BCUT2D eigenvalue weighted by Gasteiger charge is 2.17. The van der Waals surface area contributed by atoms with E-state index in [2.05, 4.69) is 22.2 Å². The van der Waals surface area contributed by atoms with E-state index in [1.165, 1.54) is 17.7 Å². The van der Waals surface area contributed by atoms with Crippen LogP contribution in [0.5, 0.6) is 5.88 Å². The van der Waals surface area contributed by atoms with Gasteiger partial charge in [-0.15, -0.1) is 0 Å². The van der Waals surface area contributed by atoms with Crippen LogP contribution in [0.3, 0.4) is 0 Å². The molecule has 1 aliphatic carbocycles. The van der Waals surface area contributed by atoms with E-state index in [0.717, 1.165) is 31.8 Å². The third-order valence-corrected chi connectivity index (χ3v) is 2.60. The first-order valence-corrected chi connectivity index (χ1v) is 5.58. The Balaban J connectivity index is 1.94. The number of aromatic nitrogens is 2. The van der Waals surface area contributed by atoms with Crippen LogP contribution in [-0.2, 0) is 12.8 Å². The summed E-state index contributed by atoms with van der Waals surface area (Å²) in [6.07, 6.45) is 4.92. The Labute approximate surface area is 90.1 Å². The van der Waals surface area contributed by atoms with Crippen molar-refractivity contribution in [2.45, 2.75) is 26.2 Å². The lowest BCUT2D eigenvalue weighted by molar-refractivity contribution is 0.300. The van der Waals surface area contributed by atoms with Crippen LogP contribution in [0.1, 0.15) is 24.6 Å². The predicted molar refractivity (Wildman–Crippen MR) is 58.1 cm³/mol. The van der Waals surface area contributed by atoms with Gasteiger partial charge in [0.2, 0.25) is 5.88 Å². The molecule has 15 heavy (non-hydrogen) atoms. The molecular formula is C11H17N3O. The van der Waals surface area contributed by atoms with Crippen molar-refractivity contribution in [3.8, 4) is 5.88 Å². The molecule has 0 atom stereocenters. The summed E-state index contributed by atoms with van der Waals surface area (Å²) in [6.45, 7) is 4.61. The smallest absolute Gasteiger partial charge is 0.219 e. The van der Waals surface area contributed by atoms with Crippen molar-refractivity contribution < 1.29 is 4.74 Å². The van der Waals surface area contributed by atoms with Gasteiger partial charge in [-0.25, -0.2) is 9.97 Å². The molecule has 0 aromatic carbocycles. The molecule has 1 aromatic rings. The molecule has 4 nitrogen and oxygen atoms in total. The van der Waals surface area contributed by atoms with E-state index in [1.54, 1.807) is 6.33 Å². The zero-order chi connectivity index (χ0) is 10.5. The summed E-state index contributed by atoms with van der Waals surface area (Å²) in [5.74, 6) is 0.787. The van der Waals surface area contributed by atoms with Crippen molar-refractivity contribution in [3.05, 3.63) is 17.6 Å². The summed E-state index contributed by atoms with van der Waals surface area (Å²) in [5.41, 5.74) is 2.39. The van der Waals surface area contributed by atoms with Gasteiger partial charge in [0.25, 0.3) is 0 Å². The molecule has 0 unspecified atom stereocenters. The predicted octanol–water partition coefficient (Wildman–Crippen LogP) is 0.954. The average molecular weight is 207 g/mol. The van der Waals surface area contributed by atoms with Gasteiger partial charge < -0.3 is 10.1 Å². The highest BCUT2D eigenvalue weighted by Crippen LogP contribution is 2.26. The molecule has 1 aliphatic rings. The van der Waals surface area contributed by atoms with Crippen LogP contribution < -0.4 is 10.1 Å². The lowest BCUT2D eigenvalue weighted by atomic mass is 10.2. The van der Waals surface area contributed by atoms with E-state index in [9.17, 15) is 0 Å². The first kappa shape index (κ1) is 10.4. The molecule has 0 bridgehead atoms. The molecular weight excluding hydrogens is 190 g/mol. The van der Waals surface area contributed by atoms with Gasteiger partial charge in [-0.1, -0.05) is 6.92 Å². The topological polar surface area (TPSA) is 47.0 Å². The molecule has 0 spiro atoms. The minimum Gasteiger partial charge on any atom is -0.476 e. The zero-order valence-corrected chi connectivity index (χ0v) is 9.12. The molecule has 0 saturated heterocycles. The summed E-state index contributed by atoms with van der Waals surface area (Å²) in [4.78, 5) is 8.44. The average Bonchev–Trinajstić information content (AvgIpc) is 2.73. The molecule has 0 saturated carbocycles. The van der Waals surface area contributed by atoms with Crippen molar-refractivity contribution in [2.24, 2.45) is 0 Å². The molecule has 82 valence electrons. The van der Waals surface area contributed by atoms with Gasteiger partial charge in [-0.3, -0.25) is 0 Å². The van der Waals surface area contributed by atoms with E-state index in [-0.39, 0.29) is 0 Å². The van der Waals surface area contributed by atoms with Crippen LogP contribution in [0.15, 0.2) is 6.33 Å². The first-order chi connectivity index (χ1) is 7.42. The van der Waals surface area contributed by atoms with Gasteiger partial charge >= 0.3 is 0 Å². The lowest BCUT2D eigenvalue weighted by Crippen LogP contribution is -2.20. The van der Waals surface area contributed by atoms with Crippen molar-refractivity contribution in [1.82, 2.24) is 15.3 Å². The van der Waals surface area contributed by atoms with Crippen LogP contribution in [0, 0.1) is 0 Å². The second kappa shape index (κ2) is 5.07. The van der Waals surface area contributed by atoms with Crippen molar-refractivity contribution in [3.63, 3.8) is 0 Å². The summed E-state index contributed by atoms with van der Waals surface area (Å²) in [7, 11) is 0. The maximum atomic E-state index is 5.64. The minimum absolute atomic E-state index is 0.678. The number of fused-ring (bicyclic) bond motifs is 1. The molecule has 4 heteroatoms. The van der Waals surface area contributed by atoms with Gasteiger partial charge in [-0.05, 0) is 25.8 Å². The number of hydrogen-bond donors (Lipinski definition) is 1. The number of likely N-dealkylation sites (N-methyl/N-ethyl adjacent to an activating group) is 1. The number of rotatable bonds is 5. The van der Waals surface area contributed by atoms with Crippen LogP contribution in [0.4, 0.5) is 0 Å². The molecule has 0 aliphatic heterocycles. The largest absolute Gasteiger partial charge is 0.476 e. The highest BCUT2D eigenvalue weighted by molar-refractivity contribution is 5.33. The van der Waals surface area contributed by atoms with Gasteiger partial charge in [-0.2, -0.15) is 0 Å². The van der Waals surface area contributed by atoms with Crippen molar-refractivity contribution in [2.75, 3.05) is 19.7 Å². The fraction of sp³-hybridized carbons (Fsp3) is 0.636. The molecule has 0 amide bonds. The van der Waals surface area contributed by atoms with E-state index in [4.69, 9.17) is 4.74 Å². The van der Waals surface area contributed by atoms with Gasteiger partial charge in [0.05, 0.1) is 5.69 Å². The van der Waals surface area contributed by atoms with Crippen LogP contribution in [0.25, 0.3) is 0 Å². The Bertz CT molecular complexity index is 328. The summed E-state index contributed by atoms with van der Waals surface area (Å²) >= 11 is 0. The number of nitrogens with one attached hydrogen (secondary N) is 1. The highest BCUT2D eigenvalue weighted by atomic mass is 16.5. The Morgan fingerprint density at radius 2 is 2.33 bits per heavy atom. The van der Waals surface area contributed by atoms with E-state index >= 15 is 0 Å². The fourth-order valence-corrected chi connectivity index (χ4v) is 1.85. The Kier molecular flexibility index (Phi) is 3.50. The quantitative estimate of drug-likeness (QED) is 0.730. The standard InChI is InChI=1S/C11H17N3O/c1-2-12-6-7-15-11-9-4-3-5-10(9)13-8-14-11/h8,12H,2-7H2,1H3. The number of hydrogen-bond acceptors (Lipinski definition) is 4.